The summed E-state index contributed by atoms with van der Waals surface area (Å²) in [7, 11) is 0. The van der Waals surface area contributed by atoms with Gasteiger partial charge in [0.05, 0.1) is 4.92 Å². The molecule has 0 spiro atoms. The molecule has 1 N–H and O–H groups in total. The Morgan fingerprint density at radius 3 is 2.75 bits per heavy atom. The maximum Gasteiger partial charge on any atom is 0.353 e. The molecular weight excluding hydrogens is 258 g/mol. The molecule has 0 amide bonds. The first-order chi connectivity index (χ1) is 9.67. The van der Waals surface area contributed by atoms with Crippen LogP contribution < -0.4 is 10.2 Å². The van der Waals surface area contributed by atoms with Crippen LogP contribution in [0.15, 0.2) is 6.33 Å². The van der Waals surface area contributed by atoms with E-state index >= 15 is 0 Å². The van der Waals surface area contributed by atoms with Crippen LogP contribution in [0.3, 0.4) is 0 Å². The SMILES string of the molecule is CCCNc1ncnc(N(CC)CC2CC2)c1[N+](=O)[O-]. The molecule has 1 aliphatic carbocycles. The van der Waals surface area contributed by atoms with E-state index in [2.05, 4.69) is 15.3 Å². The Kier molecular flexibility index (Phi) is 4.70. The van der Waals surface area contributed by atoms with Gasteiger partial charge in [0, 0.05) is 19.6 Å². The van der Waals surface area contributed by atoms with Crippen LogP contribution in [0.1, 0.15) is 33.1 Å². The monoisotopic (exact) mass is 279 g/mol. The minimum absolute atomic E-state index is 0.0107. The largest absolute Gasteiger partial charge is 0.364 e. The van der Waals surface area contributed by atoms with Crippen molar-refractivity contribution < 1.29 is 4.92 Å². The average Bonchev–Trinajstić information content (AvgIpc) is 3.25. The lowest BCUT2D eigenvalue weighted by atomic mass is 10.3. The second-order valence-corrected chi connectivity index (χ2v) is 5.06. The summed E-state index contributed by atoms with van der Waals surface area (Å²) in [5.41, 5.74) is -0.0107. The highest BCUT2D eigenvalue weighted by Gasteiger charge is 2.30. The van der Waals surface area contributed by atoms with E-state index in [0.29, 0.717) is 30.6 Å². The molecule has 20 heavy (non-hydrogen) atoms. The highest BCUT2D eigenvalue weighted by molar-refractivity contribution is 5.70. The summed E-state index contributed by atoms with van der Waals surface area (Å²) in [6.07, 6.45) is 4.69. The second kappa shape index (κ2) is 6.49. The summed E-state index contributed by atoms with van der Waals surface area (Å²) in [4.78, 5) is 21.2. The molecular formula is C13H21N5O2. The molecule has 1 aromatic heterocycles. The van der Waals surface area contributed by atoms with Gasteiger partial charge in [0.2, 0.25) is 11.6 Å². The van der Waals surface area contributed by atoms with Crippen LogP contribution >= 0.6 is 0 Å². The van der Waals surface area contributed by atoms with Crippen molar-refractivity contribution >= 4 is 17.3 Å². The molecule has 1 fully saturated rings. The van der Waals surface area contributed by atoms with Gasteiger partial charge in [0.15, 0.2) is 0 Å². The van der Waals surface area contributed by atoms with Gasteiger partial charge in [-0.15, -0.1) is 0 Å². The first kappa shape index (κ1) is 14.5. The molecule has 0 bridgehead atoms. The molecule has 0 aromatic carbocycles. The molecule has 2 rings (SSSR count). The predicted octanol–water partition coefficient (Wildman–Crippen LogP) is 2.44. The Hall–Kier alpha value is -1.92. The normalized spacial score (nSPS) is 14.1. The number of nitrogens with zero attached hydrogens (tertiary/aromatic N) is 4. The minimum atomic E-state index is -0.386. The molecule has 0 radical (unpaired) electrons. The Bertz CT molecular complexity index is 476. The number of anilines is 2. The van der Waals surface area contributed by atoms with E-state index in [0.717, 1.165) is 13.0 Å². The van der Waals surface area contributed by atoms with E-state index < -0.39 is 0 Å². The summed E-state index contributed by atoms with van der Waals surface area (Å²) in [5, 5.41) is 14.4. The maximum atomic E-state index is 11.4. The number of aromatic nitrogens is 2. The van der Waals surface area contributed by atoms with Crippen LogP contribution in [0.25, 0.3) is 0 Å². The van der Waals surface area contributed by atoms with E-state index in [4.69, 9.17) is 0 Å². The average molecular weight is 279 g/mol. The summed E-state index contributed by atoms with van der Waals surface area (Å²) in [6, 6.07) is 0. The van der Waals surface area contributed by atoms with Crippen molar-refractivity contribution in [1.29, 1.82) is 0 Å². The third-order valence-electron chi connectivity index (χ3n) is 3.38. The van der Waals surface area contributed by atoms with Gasteiger partial charge in [0.25, 0.3) is 0 Å². The van der Waals surface area contributed by atoms with Gasteiger partial charge in [-0.05, 0) is 32.1 Å². The van der Waals surface area contributed by atoms with E-state index in [1.165, 1.54) is 19.2 Å². The zero-order valence-electron chi connectivity index (χ0n) is 12.0. The van der Waals surface area contributed by atoms with Crippen LogP contribution in [0, 0.1) is 16.0 Å². The first-order valence-corrected chi connectivity index (χ1v) is 7.15. The molecule has 0 saturated heterocycles. The number of hydrogen-bond donors (Lipinski definition) is 1. The van der Waals surface area contributed by atoms with Gasteiger partial charge in [-0.2, -0.15) is 0 Å². The van der Waals surface area contributed by atoms with Crippen LogP contribution in [0.4, 0.5) is 17.3 Å². The molecule has 110 valence electrons. The zero-order chi connectivity index (χ0) is 14.5. The lowest BCUT2D eigenvalue weighted by molar-refractivity contribution is -0.383. The molecule has 7 heteroatoms. The standard InChI is InChI=1S/C13H21N5O2/c1-3-7-14-12-11(18(19)20)13(16-9-15-12)17(4-2)8-10-5-6-10/h9-10H,3-8H2,1-2H3,(H,14,15,16). The molecule has 0 unspecified atom stereocenters. The Labute approximate surface area is 118 Å². The Morgan fingerprint density at radius 1 is 1.45 bits per heavy atom. The van der Waals surface area contributed by atoms with Gasteiger partial charge in [-0.25, -0.2) is 9.97 Å². The van der Waals surface area contributed by atoms with Gasteiger partial charge in [-0.3, -0.25) is 10.1 Å². The van der Waals surface area contributed by atoms with Crippen molar-refractivity contribution in [3.8, 4) is 0 Å². The lowest BCUT2D eigenvalue weighted by Gasteiger charge is -2.21. The van der Waals surface area contributed by atoms with E-state index in [1.807, 2.05) is 18.7 Å². The highest BCUT2D eigenvalue weighted by Crippen LogP contribution is 2.35. The summed E-state index contributed by atoms with van der Waals surface area (Å²) in [5.74, 6) is 1.39. The minimum Gasteiger partial charge on any atom is -0.364 e. The van der Waals surface area contributed by atoms with Crippen LogP contribution in [0.2, 0.25) is 0 Å². The molecule has 0 atom stereocenters. The number of rotatable bonds is 8. The maximum absolute atomic E-state index is 11.4. The third kappa shape index (κ3) is 3.34. The third-order valence-corrected chi connectivity index (χ3v) is 3.38. The smallest absolute Gasteiger partial charge is 0.353 e. The fourth-order valence-electron chi connectivity index (χ4n) is 2.12. The van der Waals surface area contributed by atoms with Crippen molar-refractivity contribution in [3.05, 3.63) is 16.4 Å². The number of nitro groups is 1. The Morgan fingerprint density at radius 2 is 2.20 bits per heavy atom. The predicted molar refractivity (Wildman–Crippen MR) is 78.1 cm³/mol. The van der Waals surface area contributed by atoms with E-state index in [9.17, 15) is 10.1 Å². The van der Waals surface area contributed by atoms with Crippen molar-refractivity contribution in [2.75, 3.05) is 29.9 Å². The fraction of sp³-hybridized carbons (Fsp3) is 0.692. The highest BCUT2D eigenvalue weighted by atomic mass is 16.6. The van der Waals surface area contributed by atoms with Gasteiger partial charge in [0.1, 0.15) is 6.33 Å². The van der Waals surface area contributed by atoms with E-state index in [-0.39, 0.29) is 10.6 Å². The second-order valence-electron chi connectivity index (χ2n) is 5.06. The first-order valence-electron chi connectivity index (χ1n) is 7.15. The summed E-state index contributed by atoms with van der Waals surface area (Å²) in [6.45, 7) is 6.20. The van der Waals surface area contributed by atoms with Crippen molar-refractivity contribution in [3.63, 3.8) is 0 Å². The van der Waals surface area contributed by atoms with E-state index in [1.54, 1.807) is 0 Å². The zero-order valence-corrected chi connectivity index (χ0v) is 12.0. The summed E-state index contributed by atoms with van der Waals surface area (Å²) < 4.78 is 0. The van der Waals surface area contributed by atoms with Crippen LogP contribution in [-0.2, 0) is 0 Å². The molecule has 1 heterocycles. The Balaban J connectivity index is 2.31. The van der Waals surface area contributed by atoms with Crippen molar-refractivity contribution in [1.82, 2.24) is 9.97 Å². The molecule has 7 nitrogen and oxygen atoms in total. The topological polar surface area (TPSA) is 84.2 Å². The number of nitrogens with one attached hydrogen (secondary N) is 1. The molecule has 1 saturated carbocycles. The van der Waals surface area contributed by atoms with Crippen LogP contribution in [-0.4, -0.2) is 34.5 Å². The molecule has 1 aromatic rings. The van der Waals surface area contributed by atoms with Crippen LogP contribution in [0.5, 0.6) is 0 Å². The van der Waals surface area contributed by atoms with Gasteiger partial charge >= 0.3 is 5.69 Å². The molecule has 0 aliphatic heterocycles. The van der Waals surface area contributed by atoms with Gasteiger partial charge < -0.3 is 10.2 Å². The van der Waals surface area contributed by atoms with Crippen molar-refractivity contribution in [2.24, 2.45) is 5.92 Å². The number of hydrogen-bond acceptors (Lipinski definition) is 6. The quantitative estimate of drug-likeness (QED) is 0.581. The van der Waals surface area contributed by atoms with Crippen molar-refractivity contribution in [2.45, 2.75) is 33.1 Å². The molecule has 1 aliphatic rings. The van der Waals surface area contributed by atoms with Gasteiger partial charge in [-0.1, -0.05) is 6.92 Å². The fourth-order valence-corrected chi connectivity index (χ4v) is 2.12. The summed E-state index contributed by atoms with van der Waals surface area (Å²) >= 11 is 0. The lowest BCUT2D eigenvalue weighted by Crippen LogP contribution is -2.27.